The minimum atomic E-state index is -0.289. The van der Waals surface area contributed by atoms with E-state index in [-0.39, 0.29) is 17.9 Å². The molecule has 22 heavy (non-hydrogen) atoms. The number of carbonyl (C=O) groups excluding carboxylic acids is 2. The minimum absolute atomic E-state index is 0.178. The van der Waals surface area contributed by atoms with Crippen LogP contribution in [-0.2, 0) is 11.2 Å². The summed E-state index contributed by atoms with van der Waals surface area (Å²) in [5.41, 5.74) is 1.30. The second kappa shape index (κ2) is 7.29. The van der Waals surface area contributed by atoms with Gasteiger partial charge in [0.05, 0.1) is 0 Å². The minimum Gasteiger partial charge on any atom is -0.359 e. The Hall–Kier alpha value is -2.05. The molecule has 0 saturated carbocycles. The molecule has 122 valence electrons. The summed E-state index contributed by atoms with van der Waals surface area (Å²) < 4.78 is 5.13. The van der Waals surface area contributed by atoms with E-state index in [1.54, 1.807) is 6.92 Å². The summed E-state index contributed by atoms with van der Waals surface area (Å²) in [6.07, 6.45) is 2.13. The largest absolute Gasteiger partial charge is 0.359 e. The van der Waals surface area contributed by atoms with Gasteiger partial charge in [0.1, 0.15) is 11.4 Å². The summed E-state index contributed by atoms with van der Waals surface area (Å²) in [7, 11) is 0. The SMILES string of the molecule is CCCN1CC(CNC(=O)Nc2c(C)noc2CC)CC1=O. The van der Waals surface area contributed by atoms with E-state index in [2.05, 4.69) is 22.7 Å². The van der Waals surface area contributed by atoms with Crippen molar-refractivity contribution in [2.24, 2.45) is 5.92 Å². The fourth-order valence-corrected chi connectivity index (χ4v) is 2.69. The fraction of sp³-hybridized carbons (Fsp3) is 0.667. The molecule has 0 aliphatic carbocycles. The van der Waals surface area contributed by atoms with Crippen molar-refractivity contribution >= 4 is 17.6 Å². The number of nitrogens with zero attached hydrogens (tertiary/aromatic N) is 2. The summed E-state index contributed by atoms with van der Waals surface area (Å²) in [5.74, 6) is 1.02. The van der Waals surface area contributed by atoms with Gasteiger partial charge in [0.2, 0.25) is 5.91 Å². The zero-order valence-electron chi connectivity index (χ0n) is 13.4. The monoisotopic (exact) mass is 308 g/mol. The molecule has 1 atom stereocenters. The number of carbonyl (C=O) groups is 2. The predicted octanol–water partition coefficient (Wildman–Crippen LogP) is 1.93. The van der Waals surface area contributed by atoms with Crippen LogP contribution in [0.5, 0.6) is 0 Å². The molecule has 0 spiro atoms. The molecule has 7 heteroatoms. The van der Waals surface area contributed by atoms with Crippen LogP contribution in [0.2, 0.25) is 0 Å². The van der Waals surface area contributed by atoms with Gasteiger partial charge >= 0.3 is 6.03 Å². The van der Waals surface area contributed by atoms with Crippen molar-refractivity contribution in [3.8, 4) is 0 Å². The number of aromatic nitrogens is 1. The normalized spacial score (nSPS) is 17.9. The molecule has 2 N–H and O–H groups in total. The second-order valence-corrected chi connectivity index (χ2v) is 5.66. The Labute approximate surface area is 130 Å². The molecule has 3 amide bonds. The first-order chi connectivity index (χ1) is 10.5. The van der Waals surface area contributed by atoms with Gasteiger partial charge in [-0.1, -0.05) is 19.0 Å². The summed E-state index contributed by atoms with van der Waals surface area (Å²) in [5, 5.41) is 9.45. The van der Waals surface area contributed by atoms with Gasteiger partial charge in [0.25, 0.3) is 0 Å². The van der Waals surface area contributed by atoms with Crippen LogP contribution >= 0.6 is 0 Å². The number of hydrogen-bond donors (Lipinski definition) is 2. The Balaban J connectivity index is 1.81. The third-order valence-electron chi connectivity index (χ3n) is 3.83. The number of anilines is 1. The van der Waals surface area contributed by atoms with Gasteiger partial charge in [-0.25, -0.2) is 4.79 Å². The zero-order valence-corrected chi connectivity index (χ0v) is 13.4. The molecule has 0 bridgehead atoms. The van der Waals surface area contributed by atoms with Gasteiger partial charge in [0.15, 0.2) is 5.76 Å². The van der Waals surface area contributed by atoms with E-state index in [0.29, 0.717) is 36.5 Å². The number of rotatable bonds is 6. The number of aryl methyl sites for hydroxylation is 2. The molecule has 1 saturated heterocycles. The Morgan fingerprint density at radius 3 is 2.91 bits per heavy atom. The van der Waals surface area contributed by atoms with Crippen LogP contribution in [-0.4, -0.2) is 41.6 Å². The molecule has 1 aliphatic rings. The first-order valence-corrected chi connectivity index (χ1v) is 7.82. The Kier molecular flexibility index (Phi) is 5.41. The van der Waals surface area contributed by atoms with E-state index < -0.39 is 0 Å². The highest BCUT2D eigenvalue weighted by Gasteiger charge is 2.29. The second-order valence-electron chi connectivity index (χ2n) is 5.66. The van der Waals surface area contributed by atoms with Crippen molar-refractivity contribution in [3.05, 3.63) is 11.5 Å². The average molecular weight is 308 g/mol. The predicted molar refractivity (Wildman–Crippen MR) is 82.6 cm³/mol. The van der Waals surface area contributed by atoms with Crippen molar-refractivity contribution in [1.82, 2.24) is 15.4 Å². The van der Waals surface area contributed by atoms with Gasteiger partial charge in [-0.15, -0.1) is 0 Å². The topological polar surface area (TPSA) is 87.5 Å². The lowest BCUT2D eigenvalue weighted by Crippen LogP contribution is -2.34. The first-order valence-electron chi connectivity index (χ1n) is 7.82. The average Bonchev–Trinajstić information content (AvgIpc) is 3.01. The summed E-state index contributed by atoms with van der Waals surface area (Å²) in [6.45, 7) is 7.79. The molecule has 1 unspecified atom stereocenters. The molecule has 0 radical (unpaired) electrons. The van der Waals surface area contributed by atoms with Crippen LogP contribution in [0.1, 0.15) is 38.1 Å². The van der Waals surface area contributed by atoms with E-state index in [0.717, 1.165) is 19.5 Å². The quantitative estimate of drug-likeness (QED) is 0.840. The number of amides is 3. The van der Waals surface area contributed by atoms with E-state index in [9.17, 15) is 9.59 Å². The molecule has 1 aromatic heterocycles. The van der Waals surface area contributed by atoms with Gasteiger partial charge in [-0.3, -0.25) is 4.79 Å². The van der Waals surface area contributed by atoms with Crippen molar-refractivity contribution in [2.75, 3.05) is 25.0 Å². The lowest BCUT2D eigenvalue weighted by molar-refractivity contribution is -0.127. The van der Waals surface area contributed by atoms with Crippen molar-refractivity contribution in [2.45, 2.75) is 40.0 Å². The molecule has 1 aliphatic heterocycles. The Morgan fingerprint density at radius 2 is 2.23 bits per heavy atom. The van der Waals surface area contributed by atoms with E-state index in [1.165, 1.54) is 0 Å². The van der Waals surface area contributed by atoms with Gasteiger partial charge in [-0.2, -0.15) is 0 Å². The maximum Gasteiger partial charge on any atom is 0.319 e. The smallest absolute Gasteiger partial charge is 0.319 e. The van der Waals surface area contributed by atoms with Gasteiger partial charge in [-0.05, 0) is 13.3 Å². The van der Waals surface area contributed by atoms with Crippen LogP contribution in [0.15, 0.2) is 4.52 Å². The molecule has 7 nitrogen and oxygen atoms in total. The molecular weight excluding hydrogens is 284 g/mol. The third kappa shape index (κ3) is 3.78. The Morgan fingerprint density at radius 1 is 1.45 bits per heavy atom. The number of urea groups is 1. The van der Waals surface area contributed by atoms with E-state index in [1.807, 2.05) is 11.8 Å². The molecule has 2 rings (SSSR count). The number of nitrogens with one attached hydrogen (secondary N) is 2. The number of likely N-dealkylation sites (tertiary alicyclic amines) is 1. The van der Waals surface area contributed by atoms with Crippen molar-refractivity contribution in [1.29, 1.82) is 0 Å². The summed E-state index contributed by atoms with van der Waals surface area (Å²) >= 11 is 0. The summed E-state index contributed by atoms with van der Waals surface area (Å²) in [4.78, 5) is 25.6. The van der Waals surface area contributed by atoms with Crippen molar-refractivity contribution < 1.29 is 14.1 Å². The Bertz CT molecular complexity index is 541. The molecule has 1 fully saturated rings. The highest BCUT2D eigenvalue weighted by Crippen LogP contribution is 2.20. The molecule has 2 heterocycles. The lowest BCUT2D eigenvalue weighted by atomic mass is 10.1. The fourth-order valence-electron chi connectivity index (χ4n) is 2.69. The van der Waals surface area contributed by atoms with Crippen LogP contribution in [0.4, 0.5) is 10.5 Å². The molecule has 1 aromatic rings. The van der Waals surface area contributed by atoms with Crippen LogP contribution in [0.25, 0.3) is 0 Å². The highest BCUT2D eigenvalue weighted by molar-refractivity contribution is 5.90. The van der Waals surface area contributed by atoms with Crippen molar-refractivity contribution in [3.63, 3.8) is 0 Å². The number of hydrogen-bond acceptors (Lipinski definition) is 4. The van der Waals surface area contributed by atoms with Crippen LogP contribution in [0.3, 0.4) is 0 Å². The maximum absolute atomic E-state index is 12.0. The van der Waals surface area contributed by atoms with Crippen LogP contribution in [0, 0.1) is 12.8 Å². The first kappa shape index (κ1) is 16.3. The van der Waals surface area contributed by atoms with E-state index >= 15 is 0 Å². The van der Waals surface area contributed by atoms with E-state index in [4.69, 9.17) is 4.52 Å². The lowest BCUT2D eigenvalue weighted by Gasteiger charge is -2.15. The van der Waals surface area contributed by atoms with Crippen LogP contribution < -0.4 is 10.6 Å². The van der Waals surface area contributed by atoms with Gasteiger partial charge < -0.3 is 20.1 Å². The third-order valence-corrected chi connectivity index (χ3v) is 3.83. The van der Waals surface area contributed by atoms with Gasteiger partial charge in [0, 0.05) is 38.4 Å². The highest BCUT2D eigenvalue weighted by atomic mass is 16.5. The zero-order chi connectivity index (χ0) is 16.1. The molecule has 0 aromatic carbocycles. The standard InChI is InChI=1S/C15H24N4O3/c1-4-6-19-9-11(7-13(19)20)8-16-15(21)17-14-10(3)18-22-12(14)5-2/h11H,4-9H2,1-3H3,(H2,16,17,21). The molecular formula is C15H24N4O3. The maximum atomic E-state index is 12.0. The summed E-state index contributed by atoms with van der Waals surface area (Å²) in [6, 6.07) is -0.289.